The van der Waals surface area contributed by atoms with E-state index in [1.54, 1.807) is 6.08 Å². The zero-order valence-corrected chi connectivity index (χ0v) is 19.2. The van der Waals surface area contributed by atoms with E-state index in [9.17, 15) is 0 Å². The van der Waals surface area contributed by atoms with Crippen molar-refractivity contribution in [1.29, 1.82) is 0 Å². The molecule has 0 rings (SSSR count). The smallest absolute Gasteiger partial charge is 0.694 e. The predicted molar refractivity (Wildman–Crippen MR) is 102 cm³/mol. The van der Waals surface area contributed by atoms with E-state index in [1.807, 2.05) is 6.92 Å². The summed E-state index contributed by atoms with van der Waals surface area (Å²) in [5, 5.41) is 0. The van der Waals surface area contributed by atoms with Crippen LogP contribution in [-0.4, -0.2) is 13.9 Å². The van der Waals surface area contributed by atoms with Gasteiger partial charge in [-0.1, -0.05) is 47.5 Å². The largest absolute Gasteiger partial charge is 1.00 e. The first-order chi connectivity index (χ1) is 10.4. The summed E-state index contributed by atoms with van der Waals surface area (Å²) in [6.07, 6.45) is 14.4. The Labute approximate surface area is 176 Å². The predicted octanol–water partition coefficient (Wildman–Crippen LogP) is 3.71. The zero-order chi connectivity index (χ0) is 17.5. The molecule has 1 unspecified atom stereocenters. The van der Waals surface area contributed by atoms with Gasteiger partial charge >= 0.3 is 35.9 Å². The van der Waals surface area contributed by atoms with Gasteiger partial charge in [-0.3, -0.25) is 6.08 Å². The molecular weight excluding hydrogens is 355 g/mol. The molecule has 0 aliphatic carbocycles. The van der Waals surface area contributed by atoms with Gasteiger partial charge < -0.3 is 23.3 Å². The van der Waals surface area contributed by atoms with E-state index >= 15 is 0 Å². The fourth-order valence-electron chi connectivity index (χ4n) is 2.61. The summed E-state index contributed by atoms with van der Waals surface area (Å²) in [6, 6.07) is 3.64. The standard InChI is InChI=1S/C15H31OSi.C5H7.Cu.Li/c1-7-12-14-15(6,13-8-2)16-17(9-3,10-4)11-5;1-3-5-4-2;;/h2,8H,7,9-14H2,1,3-6H3;3,5H2,1H3;;/q2*-1;2*+1. The normalized spacial score (nSPS) is 12.4. The van der Waals surface area contributed by atoms with Crippen molar-refractivity contribution in [2.75, 3.05) is 0 Å². The Morgan fingerprint density at radius 2 is 1.58 bits per heavy atom. The minimum Gasteiger partial charge on any atom is -0.694 e. The van der Waals surface area contributed by atoms with E-state index in [1.165, 1.54) is 31.0 Å². The van der Waals surface area contributed by atoms with Gasteiger partial charge in [-0.25, -0.2) is 0 Å². The van der Waals surface area contributed by atoms with Gasteiger partial charge in [-0.2, -0.15) is 0 Å². The third kappa shape index (κ3) is 14.9. The van der Waals surface area contributed by atoms with Crippen molar-refractivity contribution in [3.8, 4) is 5.92 Å². The van der Waals surface area contributed by atoms with E-state index in [-0.39, 0.29) is 41.5 Å². The molecule has 0 heterocycles. The average molecular weight is 393 g/mol. The number of hydrogen-bond donors (Lipinski definition) is 0. The monoisotopic (exact) mass is 392 g/mol. The van der Waals surface area contributed by atoms with Crippen molar-refractivity contribution in [3.63, 3.8) is 0 Å². The van der Waals surface area contributed by atoms with Crippen LogP contribution in [0.25, 0.3) is 0 Å². The second-order valence-corrected chi connectivity index (χ2v) is 11.0. The first kappa shape index (κ1) is 32.3. The van der Waals surface area contributed by atoms with Gasteiger partial charge in [0.25, 0.3) is 0 Å². The third-order valence-electron chi connectivity index (χ3n) is 4.38. The van der Waals surface area contributed by atoms with Gasteiger partial charge in [0, 0.05) is 0 Å². The number of unbranched alkanes of at least 4 members (excludes halogenated alkanes) is 2. The maximum atomic E-state index is 6.64. The summed E-state index contributed by atoms with van der Waals surface area (Å²) in [7, 11) is -1.52. The third-order valence-corrected chi connectivity index (χ3v) is 9.17. The maximum absolute atomic E-state index is 6.64. The van der Waals surface area contributed by atoms with E-state index in [0.29, 0.717) is 0 Å². The molecule has 0 aromatic heterocycles. The van der Waals surface area contributed by atoms with Crippen LogP contribution in [-0.2, 0) is 21.5 Å². The first-order valence-corrected chi connectivity index (χ1v) is 11.6. The van der Waals surface area contributed by atoms with Gasteiger partial charge in [0.2, 0.25) is 0 Å². The van der Waals surface area contributed by atoms with Crippen molar-refractivity contribution in [3.05, 3.63) is 19.1 Å². The van der Waals surface area contributed by atoms with Crippen LogP contribution in [0.2, 0.25) is 18.1 Å². The van der Waals surface area contributed by atoms with Gasteiger partial charge in [0.05, 0.1) is 5.60 Å². The Hall–Kier alpha value is 0.594. The van der Waals surface area contributed by atoms with Crippen LogP contribution in [0.1, 0.15) is 80.1 Å². The van der Waals surface area contributed by atoms with E-state index in [2.05, 4.69) is 40.5 Å². The molecule has 0 fully saturated rings. The topological polar surface area (TPSA) is 9.23 Å². The Bertz CT molecular complexity index is 305. The van der Waals surface area contributed by atoms with Crippen LogP contribution < -0.4 is 18.9 Å². The Morgan fingerprint density at radius 3 is 1.83 bits per heavy atom. The zero-order valence-electron chi connectivity index (χ0n) is 17.2. The van der Waals surface area contributed by atoms with Crippen molar-refractivity contribution >= 4 is 8.32 Å². The molecule has 0 aliphatic heterocycles. The van der Waals surface area contributed by atoms with Gasteiger partial charge in [0.15, 0.2) is 8.32 Å². The Morgan fingerprint density at radius 1 is 1.08 bits per heavy atom. The first-order valence-electron chi connectivity index (χ1n) is 9.06. The van der Waals surface area contributed by atoms with Crippen molar-refractivity contribution in [2.24, 2.45) is 0 Å². The molecule has 0 spiro atoms. The molecule has 140 valence electrons. The maximum Gasteiger partial charge on any atom is 1.00 e. The average Bonchev–Trinajstić information content (AvgIpc) is 2.53. The second kappa shape index (κ2) is 19.9. The van der Waals surface area contributed by atoms with Crippen LogP contribution in [0.4, 0.5) is 0 Å². The van der Waals surface area contributed by atoms with Crippen molar-refractivity contribution in [2.45, 2.75) is 104 Å². The van der Waals surface area contributed by atoms with Gasteiger partial charge in [0.1, 0.15) is 0 Å². The molecule has 0 radical (unpaired) electrons. The Balaban J connectivity index is -0.000000250. The molecule has 4 heteroatoms. The molecule has 0 saturated heterocycles. The van der Waals surface area contributed by atoms with Gasteiger partial charge in [-0.15, -0.1) is 0 Å². The van der Waals surface area contributed by atoms with Crippen molar-refractivity contribution in [1.82, 2.24) is 0 Å². The van der Waals surface area contributed by atoms with Crippen LogP contribution in [0.3, 0.4) is 0 Å². The van der Waals surface area contributed by atoms with Crippen LogP contribution >= 0.6 is 0 Å². The number of rotatable bonds is 11. The fraction of sp³-hybridized carbons (Fsp3) is 0.800. The minimum atomic E-state index is -1.52. The summed E-state index contributed by atoms with van der Waals surface area (Å²) < 4.78 is 6.64. The molecule has 0 aliphatic rings. The number of hydrogen-bond acceptors (Lipinski definition) is 1. The molecular formula is C20H38CuLiOSi. The molecule has 0 saturated carbocycles. The summed E-state index contributed by atoms with van der Waals surface area (Å²) in [4.78, 5) is 0. The van der Waals surface area contributed by atoms with Crippen molar-refractivity contribution < 1.29 is 40.4 Å². The quantitative estimate of drug-likeness (QED) is 0.296. The second-order valence-electron chi connectivity index (χ2n) is 6.27. The fourth-order valence-corrected chi connectivity index (χ4v) is 5.77. The molecule has 1 atom stereocenters. The van der Waals surface area contributed by atoms with Crippen LogP contribution in [0, 0.1) is 18.9 Å². The van der Waals surface area contributed by atoms with Crippen LogP contribution in [0.5, 0.6) is 0 Å². The van der Waals surface area contributed by atoms with E-state index in [4.69, 9.17) is 17.4 Å². The minimum absolute atomic E-state index is 0. The molecule has 0 bridgehead atoms. The molecule has 24 heavy (non-hydrogen) atoms. The van der Waals surface area contributed by atoms with Crippen LogP contribution in [0.15, 0.2) is 6.08 Å². The SMILES string of the molecule is [C-]#CCCC.[CH-]=CCC(C)(CCCC)O[Si](CC)(CC)CC.[Cu+].[Li+]. The molecule has 0 N–H and O–H groups in total. The molecule has 0 amide bonds. The Kier molecular flexibility index (Phi) is 26.8. The molecule has 0 aromatic rings. The summed E-state index contributed by atoms with van der Waals surface area (Å²) >= 11 is 0. The molecule has 1 nitrogen and oxygen atoms in total. The summed E-state index contributed by atoms with van der Waals surface area (Å²) in [6.45, 7) is 19.0. The summed E-state index contributed by atoms with van der Waals surface area (Å²) in [5.41, 5.74) is -0.0288. The van der Waals surface area contributed by atoms with Gasteiger partial charge in [-0.05, 0) is 50.7 Å². The summed E-state index contributed by atoms with van der Waals surface area (Å²) in [5.74, 6) is 2.27. The molecule has 0 aromatic carbocycles. The van der Waals surface area contributed by atoms with E-state index in [0.717, 1.165) is 25.7 Å². The van der Waals surface area contributed by atoms with E-state index < -0.39 is 8.32 Å².